The van der Waals surface area contributed by atoms with Gasteiger partial charge < -0.3 is 5.32 Å². The first kappa shape index (κ1) is 9.10. The molecule has 70 valence electrons. The molecule has 1 aliphatic heterocycles. The monoisotopic (exact) mass is 193 g/mol. The predicted octanol–water partition coefficient (Wildman–Crippen LogP) is 2.28. The zero-order chi connectivity index (χ0) is 8.93. The topological polar surface area (TPSA) is 12.0 Å². The van der Waals surface area contributed by atoms with Gasteiger partial charge >= 0.3 is 0 Å². The molecule has 0 radical (unpaired) electrons. The molecule has 2 rings (SSSR count). The van der Waals surface area contributed by atoms with Gasteiger partial charge in [-0.1, -0.05) is 30.3 Å². The van der Waals surface area contributed by atoms with Crippen LogP contribution in [0.2, 0.25) is 0 Å². The standard InChI is InChI=1S/C11H15NS/c1-2-4-10(5-3-1)6-7-11-12-8-9-13-11/h1-5,11-12H,6-9H2/t11-/m1/s1. The van der Waals surface area contributed by atoms with E-state index in [-0.39, 0.29) is 0 Å². The number of hydrogen-bond donors (Lipinski definition) is 1. The summed E-state index contributed by atoms with van der Waals surface area (Å²) in [4.78, 5) is 0. The molecule has 1 saturated heterocycles. The van der Waals surface area contributed by atoms with Crippen molar-refractivity contribution >= 4 is 11.8 Å². The largest absolute Gasteiger partial charge is 0.305 e. The first-order chi connectivity index (χ1) is 6.45. The molecule has 1 fully saturated rings. The Kier molecular flexibility index (Phi) is 3.27. The lowest BCUT2D eigenvalue weighted by atomic mass is 10.1. The number of thioether (sulfide) groups is 1. The van der Waals surface area contributed by atoms with Crippen molar-refractivity contribution in [2.24, 2.45) is 0 Å². The van der Waals surface area contributed by atoms with Crippen LogP contribution in [0.4, 0.5) is 0 Å². The summed E-state index contributed by atoms with van der Waals surface area (Å²) in [5, 5.41) is 4.18. The number of benzene rings is 1. The number of aryl methyl sites for hydroxylation is 1. The quantitative estimate of drug-likeness (QED) is 0.790. The van der Waals surface area contributed by atoms with Crippen LogP contribution in [0.25, 0.3) is 0 Å². The van der Waals surface area contributed by atoms with E-state index in [2.05, 4.69) is 47.4 Å². The van der Waals surface area contributed by atoms with Crippen LogP contribution in [-0.2, 0) is 6.42 Å². The molecule has 0 aliphatic carbocycles. The molecule has 13 heavy (non-hydrogen) atoms. The van der Waals surface area contributed by atoms with Gasteiger partial charge in [0, 0.05) is 12.3 Å². The second-order valence-corrected chi connectivity index (χ2v) is 4.65. The minimum atomic E-state index is 0.695. The Balaban J connectivity index is 1.79. The van der Waals surface area contributed by atoms with Gasteiger partial charge in [-0.2, -0.15) is 0 Å². The molecule has 0 amide bonds. The highest BCUT2D eigenvalue weighted by molar-refractivity contribution is 8.00. The summed E-state index contributed by atoms with van der Waals surface area (Å²) < 4.78 is 0. The highest BCUT2D eigenvalue weighted by Gasteiger charge is 2.13. The van der Waals surface area contributed by atoms with Gasteiger partial charge in [-0.25, -0.2) is 0 Å². The molecular weight excluding hydrogens is 178 g/mol. The van der Waals surface area contributed by atoms with Crippen LogP contribution in [-0.4, -0.2) is 17.7 Å². The van der Waals surface area contributed by atoms with Gasteiger partial charge in [0.05, 0.1) is 5.37 Å². The summed E-state index contributed by atoms with van der Waals surface area (Å²) in [6.45, 7) is 1.18. The van der Waals surface area contributed by atoms with Crippen LogP contribution >= 0.6 is 11.8 Å². The van der Waals surface area contributed by atoms with Crippen molar-refractivity contribution in [3.05, 3.63) is 35.9 Å². The van der Waals surface area contributed by atoms with Crippen molar-refractivity contribution in [2.75, 3.05) is 12.3 Å². The lowest BCUT2D eigenvalue weighted by Crippen LogP contribution is -2.19. The fourth-order valence-corrected chi connectivity index (χ4v) is 2.65. The Morgan fingerprint density at radius 1 is 1.31 bits per heavy atom. The van der Waals surface area contributed by atoms with Crippen LogP contribution in [0.1, 0.15) is 12.0 Å². The minimum absolute atomic E-state index is 0.695. The van der Waals surface area contributed by atoms with E-state index < -0.39 is 0 Å². The van der Waals surface area contributed by atoms with Crippen molar-refractivity contribution in [2.45, 2.75) is 18.2 Å². The first-order valence-corrected chi connectivity index (χ1v) is 5.89. The Morgan fingerprint density at radius 2 is 2.15 bits per heavy atom. The predicted molar refractivity (Wildman–Crippen MR) is 59.0 cm³/mol. The molecule has 0 saturated carbocycles. The fraction of sp³-hybridized carbons (Fsp3) is 0.455. The summed E-state index contributed by atoms with van der Waals surface area (Å²) in [6.07, 6.45) is 2.46. The molecule has 0 spiro atoms. The van der Waals surface area contributed by atoms with Crippen LogP contribution in [0.15, 0.2) is 30.3 Å². The fourth-order valence-electron chi connectivity index (χ4n) is 1.61. The molecule has 2 heteroatoms. The summed E-state index contributed by atoms with van der Waals surface area (Å²) in [6, 6.07) is 10.7. The lowest BCUT2D eigenvalue weighted by Gasteiger charge is -2.08. The smallest absolute Gasteiger partial charge is 0.0536 e. The van der Waals surface area contributed by atoms with Gasteiger partial charge in [-0.05, 0) is 18.4 Å². The zero-order valence-electron chi connectivity index (χ0n) is 7.70. The second kappa shape index (κ2) is 4.68. The van der Waals surface area contributed by atoms with Crippen molar-refractivity contribution < 1.29 is 0 Å². The van der Waals surface area contributed by atoms with Crippen LogP contribution in [0, 0.1) is 0 Å². The average molecular weight is 193 g/mol. The van der Waals surface area contributed by atoms with E-state index in [1.807, 2.05) is 0 Å². The Bertz CT molecular complexity index is 242. The van der Waals surface area contributed by atoms with Crippen molar-refractivity contribution in [1.29, 1.82) is 0 Å². The van der Waals surface area contributed by atoms with Crippen LogP contribution in [0.3, 0.4) is 0 Å². The van der Waals surface area contributed by atoms with Gasteiger partial charge in [-0.15, -0.1) is 11.8 Å². The maximum absolute atomic E-state index is 3.49. The van der Waals surface area contributed by atoms with Crippen molar-refractivity contribution in [1.82, 2.24) is 5.32 Å². The summed E-state index contributed by atoms with van der Waals surface area (Å²) in [5.41, 5.74) is 1.46. The molecule has 1 aromatic carbocycles. The van der Waals surface area contributed by atoms with Crippen molar-refractivity contribution in [3.63, 3.8) is 0 Å². The number of rotatable bonds is 3. The van der Waals surface area contributed by atoms with Crippen LogP contribution < -0.4 is 5.32 Å². The van der Waals surface area contributed by atoms with E-state index in [0.29, 0.717) is 5.37 Å². The van der Waals surface area contributed by atoms with Gasteiger partial charge in [0.2, 0.25) is 0 Å². The van der Waals surface area contributed by atoms with E-state index in [0.717, 1.165) is 0 Å². The summed E-state index contributed by atoms with van der Waals surface area (Å²) >= 11 is 2.05. The Hall–Kier alpha value is -0.470. The molecule has 1 N–H and O–H groups in total. The normalized spacial score (nSPS) is 22.0. The maximum Gasteiger partial charge on any atom is 0.0536 e. The SMILES string of the molecule is c1ccc(CC[C@@H]2NCCS2)cc1. The van der Waals surface area contributed by atoms with Crippen LogP contribution in [0.5, 0.6) is 0 Å². The highest BCUT2D eigenvalue weighted by atomic mass is 32.2. The van der Waals surface area contributed by atoms with E-state index in [1.54, 1.807) is 0 Å². The average Bonchev–Trinajstić information content (AvgIpc) is 2.69. The molecule has 1 atom stereocenters. The third-order valence-corrected chi connectivity index (χ3v) is 3.58. The van der Waals surface area contributed by atoms with Gasteiger partial charge in [0.15, 0.2) is 0 Å². The molecule has 1 aromatic rings. The van der Waals surface area contributed by atoms with Gasteiger partial charge in [0.1, 0.15) is 0 Å². The lowest BCUT2D eigenvalue weighted by molar-refractivity contribution is 0.659. The molecule has 0 aromatic heterocycles. The number of hydrogen-bond acceptors (Lipinski definition) is 2. The second-order valence-electron chi connectivity index (χ2n) is 3.34. The van der Waals surface area contributed by atoms with E-state index in [1.165, 1.54) is 30.7 Å². The summed E-state index contributed by atoms with van der Waals surface area (Å²) in [7, 11) is 0. The molecule has 0 bridgehead atoms. The molecule has 1 aliphatic rings. The maximum atomic E-state index is 3.49. The first-order valence-electron chi connectivity index (χ1n) is 4.84. The summed E-state index contributed by atoms with van der Waals surface area (Å²) in [5.74, 6) is 1.28. The third kappa shape index (κ3) is 2.75. The minimum Gasteiger partial charge on any atom is -0.305 e. The molecule has 0 unspecified atom stereocenters. The molecular formula is C11H15NS. The highest BCUT2D eigenvalue weighted by Crippen LogP contribution is 2.18. The van der Waals surface area contributed by atoms with E-state index in [4.69, 9.17) is 0 Å². The Labute approximate surface area is 83.9 Å². The molecule has 1 nitrogen and oxygen atoms in total. The van der Waals surface area contributed by atoms with Gasteiger partial charge in [-0.3, -0.25) is 0 Å². The van der Waals surface area contributed by atoms with Gasteiger partial charge in [0.25, 0.3) is 0 Å². The van der Waals surface area contributed by atoms with Crippen molar-refractivity contribution in [3.8, 4) is 0 Å². The van der Waals surface area contributed by atoms with E-state index >= 15 is 0 Å². The van der Waals surface area contributed by atoms with E-state index in [9.17, 15) is 0 Å². The number of nitrogens with one attached hydrogen (secondary N) is 1. The molecule has 1 heterocycles. The third-order valence-electron chi connectivity index (χ3n) is 2.33. The zero-order valence-corrected chi connectivity index (χ0v) is 8.52. The Morgan fingerprint density at radius 3 is 2.85 bits per heavy atom.